The summed E-state index contributed by atoms with van der Waals surface area (Å²) in [4.78, 5) is 0. The van der Waals surface area contributed by atoms with Crippen LogP contribution in [0.1, 0.15) is 25.7 Å². The average molecular weight is 276 g/mol. The van der Waals surface area contributed by atoms with Gasteiger partial charge < -0.3 is 4.74 Å². The molecule has 0 atom stereocenters. The minimum absolute atomic E-state index is 0.369. The summed E-state index contributed by atoms with van der Waals surface area (Å²) in [6.45, 7) is 0. The number of halogens is 2. The van der Waals surface area contributed by atoms with Gasteiger partial charge in [-0.25, -0.2) is 0 Å². The van der Waals surface area contributed by atoms with Gasteiger partial charge in [0.2, 0.25) is 0 Å². The van der Waals surface area contributed by atoms with Crippen molar-refractivity contribution in [2.24, 2.45) is 0 Å². The summed E-state index contributed by atoms with van der Waals surface area (Å²) in [7, 11) is 0. The molecule has 0 N–H and O–H groups in total. The van der Waals surface area contributed by atoms with Crippen LogP contribution in [0.2, 0.25) is 5.02 Å². The van der Waals surface area contributed by atoms with Crippen molar-refractivity contribution < 1.29 is 4.74 Å². The highest BCUT2D eigenvalue weighted by Crippen LogP contribution is 2.31. The second-order valence-corrected chi connectivity index (χ2v) is 4.92. The van der Waals surface area contributed by atoms with E-state index >= 15 is 0 Å². The van der Waals surface area contributed by atoms with Crippen LogP contribution in [0, 0.1) is 0 Å². The third kappa shape index (κ3) is 2.43. The standard InChI is InChI=1S/C11H12BrClO/c12-8-5-6-11(10(13)7-8)14-9-3-1-2-4-9/h5-7,9H,1-4H2. The third-order valence-corrected chi connectivity index (χ3v) is 3.28. The Balaban J connectivity index is 2.08. The monoisotopic (exact) mass is 274 g/mol. The second-order valence-electron chi connectivity index (χ2n) is 3.60. The van der Waals surface area contributed by atoms with Crippen LogP contribution in [0.4, 0.5) is 0 Å². The number of rotatable bonds is 2. The molecule has 1 aliphatic rings. The quantitative estimate of drug-likeness (QED) is 0.776. The first-order valence-corrected chi connectivity index (χ1v) is 6.04. The SMILES string of the molecule is Clc1cc(Br)ccc1OC1CCCC1. The molecule has 1 aromatic carbocycles. The van der Waals surface area contributed by atoms with Gasteiger partial charge in [0.1, 0.15) is 5.75 Å². The molecule has 0 saturated heterocycles. The normalized spacial score (nSPS) is 17.3. The van der Waals surface area contributed by atoms with Gasteiger partial charge in [-0.1, -0.05) is 27.5 Å². The molecule has 0 aliphatic heterocycles. The molecule has 1 aromatic rings. The first kappa shape index (κ1) is 10.3. The van der Waals surface area contributed by atoms with Crippen LogP contribution in [0.15, 0.2) is 22.7 Å². The molecular formula is C11H12BrClO. The zero-order valence-corrected chi connectivity index (χ0v) is 10.1. The number of ether oxygens (including phenoxy) is 1. The lowest BCUT2D eigenvalue weighted by atomic mass is 10.3. The van der Waals surface area contributed by atoms with Crippen LogP contribution in [-0.4, -0.2) is 6.10 Å². The maximum absolute atomic E-state index is 6.05. The summed E-state index contributed by atoms with van der Waals surface area (Å²) in [6.07, 6.45) is 5.24. The van der Waals surface area contributed by atoms with E-state index in [1.165, 1.54) is 12.8 Å². The Morgan fingerprint density at radius 3 is 2.64 bits per heavy atom. The Morgan fingerprint density at radius 2 is 2.00 bits per heavy atom. The summed E-state index contributed by atoms with van der Waals surface area (Å²) < 4.78 is 6.80. The predicted octanol–water partition coefficient (Wildman–Crippen LogP) is 4.42. The first-order chi connectivity index (χ1) is 6.75. The lowest BCUT2D eigenvalue weighted by molar-refractivity contribution is 0.210. The van der Waals surface area contributed by atoms with Gasteiger partial charge in [-0.05, 0) is 43.9 Å². The summed E-state index contributed by atoms with van der Waals surface area (Å²) >= 11 is 9.42. The molecule has 1 aliphatic carbocycles. The average Bonchev–Trinajstić information content (AvgIpc) is 2.62. The van der Waals surface area contributed by atoms with Crippen molar-refractivity contribution in [3.63, 3.8) is 0 Å². The predicted molar refractivity (Wildman–Crippen MR) is 62.0 cm³/mol. The van der Waals surface area contributed by atoms with Gasteiger partial charge in [0, 0.05) is 4.47 Å². The van der Waals surface area contributed by atoms with Crippen LogP contribution >= 0.6 is 27.5 Å². The maximum Gasteiger partial charge on any atom is 0.138 e. The highest BCUT2D eigenvalue weighted by atomic mass is 79.9. The van der Waals surface area contributed by atoms with E-state index in [9.17, 15) is 0 Å². The summed E-state index contributed by atoms with van der Waals surface area (Å²) in [6, 6.07) is 5.74. The van der Waals surface area contributed by atoms with Crippen molar-refractivity contribution in [2.75, 3.05) is 0 Å². The molecule has 0 unspecified atom stereocenters. The van der Waals surface area contributed by atoms with E-state index < -0.39 is 0 Å². The van der Waals surface area contributed by atoms with Crippen molar-refractivity contribution in [2.45, 2.75) is 31.8 Å². The topological polar surface area (TPSA) is 9.23 Å². The Labute approximate surface area is 97.5 Å². The highest BCUT2D eigenvalue weighted by molar-refractivity contribution is 9.10. The molecule has 1 fully saturated rings. The largest absolute Gasteiger partial charge is 0.489 e. The van der Waals surface area contributed by atoms with Gasteiger partial charge in [0.15, 0.2) is 0 Å². The smallest absolute Gasteiger partial charge is 0.138 e. The Bertz CT molecular complexity index is 321. The molecule has 1 saturated carbocycles. The van der Waals surface area contributed by atoms with Gasteiger partial charge in [0.25, 0.3) is 0 Å². The fourth-order valence-corrected chi connectivity index (χ4v) is 2.47. The lowest BCUT2D eigenvalue weighted by Gasteiger charge is -2.14. The van der Waals surface area contributed by atoms with Crippen molar-refractivity contribution in [1.82, 2.24) is 0 Å². The van der Waals surface area contributed by atoms with Crippen LogP contribution in [-0.2, 0) is 0 Å². The molecule has 3 heteroatoms. The molecule has 2 rings (SSSR count). The molecule has 0 bridgehead atoms. The van der Waals surface area contributed by atoms with Crippen LogP contribution < -0.4 is 4.74 Å². The maximum atomic E-state index is 6.05. The zero-order chi connectivity index (χ0) is 9.97. The van der Waals surface area contributed by atoms with Gasteiger partial charge in [0.05, 0.1) is 11.1 Å². The van der Waals surface area contributed by atoms with E-state index in [0.717, 1.165) is 23.1 Å². The van der Waals surface area contributed by atoms with Crippen LogP contribution in [0.25, 0.3) is 0 Å². The lowest BCUT2D eigenvalue weighted by Crippen LogP contribution is -2.10. The van der Waals surface area contributed by atoms with Gasteiger partial charge in [-0.2, -0.15) is 0 Å². The molecule has 76 valence electrons. The summed E-state index contributed by atoms with van der Waals surface area (Å²) in [5.74, 6) is 0.807. The van der Waals surface area contributed by atoms with Gasteiger partial charge in [-0.3, -0.25) is 0 Å². The molecule has 1 nitrogen and oxygen atoms in total. The zero-order valence-electron chi connectivity index (χ0n) is 7.80. The third-order valence-electron chi connectivity index (χ3n) is 2.49. The molecule has 0 radical (unpaired) electrons. The first-order valence-electron chi connectivity index (χ1n) is 4.87. The summed E-state index contributed by atoms with van der Waals surface area (Å²) in [5.41, 5.74) is 0. The minimum atomic E-state index is 0.369. The van der Waals surface area contributed by atoms with Crippen LogP contribution in [0.5, 0.6) is 5.75 Å². The van der Waals surface area contributed by atoms with Crippen molar-refractivity contribution in [3.8, 4) is 5.75 Å². The number of hydrogen-bond donors (Lipinski definition) is 0. The molecule has 0 heterocycles. The van der Waals surface area contributed by atoms with E-state index in [0.29, 0.717) is 11.1 Å². The fourth-order valence-electron chi connectivity index (χ4n) is 1.76. The van der Waals surface area contributed by atoms with E-state index in [1.54, 1.807) is 0 Å². The number of benzene rings is 1. The van der Waals surface area contributed by atoms with Crippen molar-refractivity contribution in [3.05, 3.63) is 27.7 Å². The Kier molecular flexibility index (Phi) is 3.34. The molecule has 0 amide bonds. The van der Waals surface area contributed by atoms with E-state index in [4.69, 9.17) is 16.3 Å². The molecule has 0 aromatic heterocycles. The summed E-state index contributed by atoms with van der Waals surface area (Å²) in [5, 5.41) is 0.686. The van der Waals surface area contributed by atoms with E-state index in [1.807, 2.05) is 18.2 Å². The minimum Gasteiger partial charge on any atom is -0.489 e. The fraction of sp³-hybridized carbons (Fsp3) is 0.455. The van der Waals surface area contributed by atoms with Crippen LogP contribution in [0.3, 0.4) is 0 Å². The van der Waals surface area contributed by atoms with E-state index in [2.05, 4.69) is 15.9 Å². The van der Waals surface area contributed by atoms with E-state index in [-0.39, 0.29) is 0 Å². The molecule has 14 heavy (non-hydrogen) atoms. The van der Waals surface area contributed by atoms with Crippen molar-refractivity contribution >= 4 is 27.5 Å². The Hall–Kier alpha value is -0.210. The Morgan fingerprint density at radius 1 is 1.29 bits per heavy atom. The molecule has 0 spiro atoms. The van der Waals surface area contributed by atoms with Gasteiger partial charge >= 0.3 is 0 Å². The second kappa shape index (κ2) is 4.54. The van der Waals surface area contributed by atoms with Crippen molar-refractivity contribution in [1.29, 1.82) is 0 Å². The highest BCUT2D eigenvalue weighted by Gasteiger charge is 2.17. The number of hydrogen-bond acceptors (Lipinski definition) is 1. The van der Waals surface area contributed by atoms with Gasteiger partial charge in [-0.15, -0.1) is 0 Å². The molecular weight excluding hydrogens is 263 g/mol.